The fourth-order valence-corrected chi connectivity index (χ4v) is 2.16. The first kappa shape index (κ1) is 11.1. The largest absolute Gasteiger partial charge is 0.374 e. The van der Waals surface area contributed by atoms with E-state index < -0.39 is 0 Å². The van der Waals surface area contributed by atoms with E-state index in [0.29, 0.717) is 11.7 Å². The second-order valence-corrected chi connectivity index (χ2v) is 4.62. The molecule has 2 heterocycles. The van der Waals surface area contributed by atoms with E-state index >= 15 is 0 Å². The van der Waals surface area contributed by atoms with Crippen molar-refractivity contribution < 1.29 is 0 Å². The van der Waals surface area contributed by atoms with E-state index in [2.05, 4.69) is 35.2 Å². The highest BCUT2D eigenvalue weighted by Gasteiger charge is 2.08. The average Bonchev–Trinajstić information content (AvgIpc) is 2.85. The van der Waals surface area contributed by atoms with Crippen LogP contribution in [0.4, 0.5) is 5.13 Å². The Morgan fingerprint density at radius 1 is 1.31 bits per heavy atom. The van der Waals surface area contributed by atoms with Gasteiger partial charge in [0.25, 0.3) is 0 Å². The molecule has 0 bridgehead atoms. The van der Waals surface area contributed by atoms with Crippen molar-refractivity contribution in [2.24, 2.45) is 0 Å². The predicted molar refractivity (Wildman–Crippen MR) is 64.4 cm³/mol. The van der Waals surface area contributed by atoms with Gasteiger partial charge in [0.15, 0.2) is 0 Å². The maximum absolute atomic E-state index is 5.55. The molecule has 5 nitrogen and oxygen atoms in total. The summed E-state index contributed by atoms with van der Waals surface area (Å²) in [6.45, 7) is 4.90. The molecule has 0 radical (unpaired) electrons. The van der Waals surface area contributed by atoms with Crippen LogP contribution >= 0.6 is 11.3 Å². The Bertz CT molecular complexity index is 473. The van der Waals surface area contributed by atoms with E-state index in [0.717, 1.165) is 23.5 Å². The first-order chi connectivity index (χ1) is 7.72. The fourth-order valence-electron chi connectivity index (χ4n) is 1.57. The van der Waals surface area contributed by atoms with Crippen LogP contribution in [0.2, 0.25) is 0 Å². The second kappa shape index (κ2) is 4.61. The van der Waals surface area contributed by atoms with Gasteiger partial charge in [0, 0.05) is 5.69 Å². The van der Waals surface area contributed by atoms with Gasteiger partial charge in [-0.1, -0.05) is 25.2 Å². The number of nitrogen functional groups attached to an aromatic ring is 1. The molecule has 0 saturated carbocycles. The van der Waals surface area contributed by atoms with Gasteiger partial charge in [0.2, 0.25) is 5.13 Å². The van der Waals surface area contributed by atoms with Crippen molar-refractivity contribution in [3.8, 4) is 0 Å². The van der Waals surface area contributed by atoms with Crippen LogP contribution in [0.25, 0.3) is 0 Å². The number of hydrogen-bond acceptors (Lipinski definition) is 5. The van der Waals surface area contributed by atoms with Gasteiger partial charge in [0.05, 0.1) is 12.2 Å². The topological polar surface area (TPSA) is 69.6 Å². The average molecular weight is 237 g/mol. The lowest BCUT2D eigenvalue weighted by molar-refractivity contribution is 0.634. The molecule has 0 fully saturated rings. The summed E-state index contributed by atoms with van der Waals surface area (Å²) in [4.78, 5) is 0. The summed E-state index contributed by atoms with van der Waals surface area (Å²) >= 11 is 1.41. The van der Waals surface area contributed by atoms with Gasteiger partial charge in [0.1, 0.15) is 5.01 Å². The van der Waals surface area contributed by atoms with Gasteiger partial charge < -0.3 is 5.73 Å². The van der Waals surface area contributed by atoms with E-state index in [1.807, 2.05) is 4.68 Å². The quantitative estimate of drug-likeness (QED) is 0.874. The van der Waals surface area contributed by atoms with Gasteiger partial charge in [-0.3, -0.25) is 4.68 Å². The van der Waals surface area contributed by atoms with E-state index in [1.54, 1.807) is 0 Å². The van der Waals surface area contributed by atoms with Crippen molar-refractivity contribution in [3.05, 3.63) is 22.5 Å². The van der Waals surface area contributed by atoms with Crippen LogP contribution in [-0.2, 0) is 19.4 Å². The minimum absolute atomic E-state index is 0.510. The molecule has 0 atom stereocenters. The Kier molecular flexibility index (Phi) is 3.19. The number of nitrogens with zero attached hydrogens (tertiary/aromatic N) is 4. The molecule has 0 amide bonds. The maximum atomic E-state index is 5.55. The Balaban J connectivity index is 2.22. The third-order valence-corrected chi connectivity index (χ3v) is 3.14. The van der Waals surface area contributed by atoms with Crippen molar-refractivity contribution in [3.63, 3.8) is 0 Å². The van der Waals surface area contributed by atoms with Crippen LogP contribution in [0.3, 0.4) is 0 Å². The van der Waals surface area contributed by atoms with Gasteiger partial charge in [-0.2, -0.15) is 5.10 Å². The Morgan fingerprint density at radius 2 is 2.12 bits per heavy atom. The van der Waals surface area contributed by atoms with E-state index in [-0.39, 0.29) is 0 Å². The zero-order chi connectivity index (χ0) is 11.5. The third-order valence-electron chi connectivity index (χ3n) is 2.41. The Hall–Kier alpha value is -1.43. The minimum atomic E-state index is 0.510. The SMILES string of the molecule is CCc1cc(CC)n(Cc2nnc(N)s2)n1. The molecule has 2 aromatic heterocycles. The molecule has 2 aromatic rings. The zero-order valence-electron chi connectivity index (χ0n) is 9.47. The van der Waals surface area contributed by atoms with Crippen LogP contribution in [0.1, 0.15) is 30.2 Å². The monoisotopic (exact) mass is 237 g/mol. The minimum Gasteiger partial charge on any atom is -0.374 e. The first-order valence-corrected chi connectivity index (χ1v) is 6.18. The van der Waals surface area contributed by atoms with Crippen LogP contribution in [0.5, 0.6) is 0 Å². The molecule has 2 N–H and O–H groups in total. The molecule has 86 valence electrons. The summed E-state index contributed by atoms with van der Waals surface area (Å²) in [5.41, 5.74) is 7.90. The van der Waals surface area contributed by atoms with Gasteiger partial charge >= 0.3 is 0 Å². The normalized spacial score (nSPS) is 10.9. The first-order valence-electron chi connectivity index (χ1n) is 5.36. The molecule has 0 saturated heterocycles. The van der Waals surface area contributed by atoms with Gasteiger partial charge in [-0.25, -0.2) is 0 Å². The van der Waals surface area contributed by atoms with Crippen molar-refractivity contribution in [1.82, 2.24) is 20.0 Å². The number of rotatable bonds is 4. The van der Waals surface area contributed by atoms with Crippen LogP contribution in [0.15, 0.2) is 6.07 Å². The lowest BCUT2D eigenvalue weighted by Crippen LogP contribution is -2.05. The summed E-state index contributed by atoms with van der Waals surface area (Å²) in [6.07, 6.45) is 1.93. The van der Waals surface area contributed by atoms with Crippen LogP contribution in [-0.4, -0.2) is 20.0 Å². The number of aromatic nitrogens is 4. The molecule has 0 aliphatic rings. The molecule has 6 heteroatoms. The van der Waals surface area contributed by atoms with Crippen LogP contribution in [0, 0.1) is 0 Å². The maximum Gasteiger partial charge on any atom is 0.203 e. The van der Waals surface area contributed by atoms with E-state index in [4.69, 9.17) is 5.73 Å². The number of hydrogen-bond donors (Lipinski definition) is 1. The third kappa shape index (κ3) is 2.21. The second-order valence-electron chi connectivity index (χ2n) is 3.53. The summed E-state index contributed by atoms with van der Waals surface area (Å²) in [7, 11) is 0. The molecular weight excluding hydrogens is 222 g/mol. The van der Waals surface area contributed by atoms with Crippen molar-refractivity contribution in [2.45, 2.75) is 33.2 Å². The van der Waals surface area contributed by atoms with Crippen molar-refractivity contribution in [2.75, 3.05) is 5.73 Å². The number of anilines is 1. The van der Waals surface area contributed by atoms with E-state index in [9.17, 15) is 0 Å². The highest BCUT2D eigenvalue weighted by Crippen LogP contribution is 2.14. The predicted octanol–water partition coefficient (Wildman–Crippen LogP) is 1.49. The Labute approximate surface area is 98.3 Å². The molecule has 0 spiro atoms. The fraction of sp³-hybridized carbons (Fsp3) is 0.500. The van der Waals surface area contributed by atoms with Crippen molar-refractivity contribution >= 4 is 16.5 Å². The van der Waals surface area contributed by atoms with Crippen molar-refractivity contribution in [1.29, 1.82) is 0 Å². The number of aryl methyl sites for hydroxylation is 2. The molecule has 0 unspecified atom stereocenters. The molecule has 16 heavy (non-hydrogen) atoms. The summed E-state index contributed by atoms with van der Waals surface area (Å²) in [5.74, 6) is 0. The lowest BCUT2D eigenvalue weighted by atomic mass is 10.3. The van der Waals surface area contributed by atoms with Crippen LogP contribution < -0.4 is 5.73 Å². The Morgan fingerprint density at radius 3 is 2.69 bits per heavy atom. The van der Waals surface area contributed by atoms with Gasteiger partial charge in [-0.15, -0.1) is 10.2 Å². The smallest absolute Gasteiger partial charge is 0.203 e. The highest BCUT2D eigenvalue weighted by molar-refractivity contribution is 7.15. The lowest BCUT2D eigenvalue weighted by Gasteiger charge is -2.01. The summed E-state index contributed by atoms with van der Waals surface area (Å²) in [6, 6.07) is 2.14. The molecule has 0 aromatic carbocycles. The van der Waals surface area contributed by atoms with Gasteiger partial charge in [-0.05, 0) is 18.9 Å². The zero-order valence-corrected chi connectivity index (χ0v) is 10.3. The standard InChI is InChI=1S/C10H15N5S/c1-3-7-5-8(4-2)15(14-7)6-9-12-13-10(11)16-9/h5H,3-4,6H2,1-2H3,(H2,11,13). The molecular formula is C10H15N5S. The molecule has 0 aliphatic carbocycles. The van der Waals surface area contributed by atoms with E-state index in [1.165, 1.54) is 17.0 Å². The summed E-state index contributed by atoms with van der Waals surface area (Å²) < 4.78 is 1.98. The molecule has 0 aliphatic heterocycles. The highest BCUT2D eigenvalue weighted by atomic mass is 32.1. The molecule has 2 rings (SSSR count). The summed E-state index contributed by atoms with van der Waals surface area (Å²) in [5, 5.41) is 13.7. The number of nitrogens with two attached hydrogens (primary N) is 1.